The first-order chi connectivity index (χ1) is 5.77. The zero-order chi connectivity index (χ0) is 8.97. The maximum absolute atomic E-state index is 8.91. The molecule has 0 aliphatic rings. The van der Waals surface area contributed by atoms with Crippen LogP contribution in [-0.4, -0.2) is 17.0 Å². The molecule has 0 atom stereocenters. The van der Waals surface area contributed by atoms with Gasteiger partial charge in [0.25, 0.3) is 0 Å². The van der Waals surface area contributed by atoms with E-state index < -0.39 is 0 Å². The second kappa shape index (κ2) is 4.09. The van der Waals surface area contributed by atoms with Crippen LogP contribution in [0.25, 0.3) is 0 Å². The Morgan fingerprint density at radius 2 is 2.08 bits per heavy atom. The number of rotatable bonds is 3. The Hall–Kier alpha value is -1.06. The van der Waals surface area contributed by atoms with E-state index in [9.17, 15) is 0 Å². The first-order valence-electron chi connectivity index (χ1n) is 3.72. The van der Waals surface area contributed by atoms with Gasteiger partial charge in [0.1, 0.15) is 5.75 Å². The molecule has 0 amide bonds. The van der Waals surface area contributed by atoms with Gasteiger partial charge >= 0.3 is 0 Å². The number of aliphatic hydroxyl groups is 2. The lowest BCUT2D eigenvalue weighted by Gasteiger charge is -2.07. The van der Waals surface area contributed by atoms with Crippen molar-refractivity contribution in [3.63, 3.8) is 0 Å². The molecule has 1 aromatic carbocycles. The summed E-state index contributed by atoms with van der Waals surface area (Å²) in [6, 6.07) is 5.42. The monoisotopic (exact) mass is 168 g/mol. The van der Waals surface area contributed by atoms with Gasteiger partial charge in [0.05, 0.1) is 6.61 Å². The third kappa shape index (κ3) is 1.96. The van der Waals surface area contributed by atoms with Crippen LogP contribution in [0.4, 0.5) is 0 Å². The van der Waals surface area contributed by atoms with Gasteiger partial charge in [-0.3, -0.25) is 0 Å². The summed E-state index contributed by atoms with van der Waals surface area (Å²) in [5.41, 5.74) is 1.76. The third-order valence-electron chi connectivity index (χ3n) is 1.61. The van der Waals surface area contributed by atoms with E-state index in [2.05, 4.69) is 0 Å². The third-order valence-corrected chi connectivity index (χ3v) is 1.61. The minimum absolute atomic E-state index is 0.0724. The van der Waals surface area contributed by atoms with Crippen LogP contribution >= 0.6 is 0 Å². The van der Waals surface area contributed by atoms with Gasteiger partial charge in [0.15, 0.2) is 6.79 Å². The zero-order valence-electron chi connectivity index (χ0n) is 6.95. The number of hydrogen-bond acceptors (Lipinski definition) is 3. The molecule has 0 saturated carbocycles. The summed E-state index contributed by atoms with van der Waals surface area (Å²) in [6.07, 6.45) is 0. The molecule has 0 saturated heterocycles. The average Bonchev–Trinajstić information content (AvgIpc) is 2.08. The fraction of sp³-hybridized carbons (Fsp3) is 0.333. The van der Waals surface area contributed by atoms with Gasteiger partial charge in [-0.1, -0.05) is 17.7 Å². The topological polar surface area (TPSA) is 49.7 Å². The molecule has 0 aliphatic carbocycles. The molecule has 0 fully saturated rings. The number of aryl methyl sites for hydroxylation is 1. The van der Waals surface area contributed by atoms with Crippen LogP contribution in [0.2, 0.25) is 0 Å². The Morgan fingerprint density at radius 1 is 1.33 bits per heavy atom. The van der Waals surface area contributed by atoms with Gasteiger partial charge in [-0.05, 0) is 13.0 Å². The van der Waals surface area contributed by atoms with Gasteiger partial charge in [-0.2, -0.15) is 0 Å². The zero-order valence-corrected chi connectivity index (χ0v) is 6.95. The van der Waals surface area contributed by atoms with Crippen molar-refractivity contribution in [2.24, 2.45) is 0 Å². The minimum atomic E-state index is -0.365. The van der Waals surface area contributed by atoms with E-state index in [0.717, 1.165) is 5.56 Å². The van der Waals surface area contributed by atoms with E-state index in [1.165, 1.54) is 0 Å². The summed E-state index contributed by atoms with van der Waals surface area (Å²) < 4.78 is 4.88. The maximum atomic E-state index is 8.91. The van der Waals surface area contributed by atoms with Gasteiger partial charge in [0, 0.05) is 5.56 Å². The highest BCUT2D eigenvalue weighted by atomic mass is 16.6. The summed E-state index contributed by atoms with van der Waals surface area (Å²) in [5, 5.41) is 17.4. The second-order valence-electron chi connectivity index (χ2n) is 2.54. The summed E-state index contributed by atoms with van der Waals surface area (Å²) in [7, 11) is 0. The van der Waals surface area contributed by atoms with E-state index in [-0.39, 0.29) is 13.4 Å². The van der Waals surface area contributed by atoms with Crippen molar-refractivity contribution >= 4 is 0 Å². The van der Waals surface area contributed by atoms with Crippen molar-refractivity contribution in [1.29, 1.82) is 0 Å². The molecule has 3 heteroatoms. The van der Waals surface area contributed by atoms with E-state index >= 15 is 0 Å². The predicted molar refractivity (Wildman–Crippen MR) is 44.8 cm³/mol. The summed E-state index contributed by atoms with van der Waals surface area (Å²) in [4.78, 5) is 0. The molecule has 0 radical (unpaired) electrons. The molecule has 0 spiro atoms. The van der Waals surface area contributed by atoms with Crippen LogP contribution in [0.1, 0.15) is 11.1 Å². The fourth-order valence-corrected chi connectivity index (χ4v) is 1.04. The van der Waals surface area contributed by atoms with Crippen molar-refractivity contribution in [2.75, 3.05) is 6.79 Å². The Balaban J connectivity index is 2.94. The molecule has 0 aliphatic heterocycles. The van der Waals surface area contributed by atoms with Crippen LogP contribution in [0.15, 0.2) is 18.2 Å². The molecule has 0 aromatic heterocycles. The fourth-order valence-electron chi connectivity index (χ4n) is 1.04. The van der Waals surface area contributed by atoms with E-state index in [1.807, 2.05) is 19.1 Å². The molecule has 66 valence electrons. The highest BCUT2D eigenvalue weighted by molar-refractivity contribution is 5.36. The van der Waals surface area contributed by atoms with Crippen molar-refractivity contribution in [2.45, 2.75) is 13.5 Å². The van der Waals surface area contributed by atoms with Crippen LogP contribution in [0, 0.1) is 6.92 Å². The largest absolute Gasteiger partial charge is 0.467 e. The molecule has 12 heavy (non-hydrogen) atoms. The lowest BCUT2D eigenvalue weighted by Crippen LogP contribution is -1.98. The lowest BCUT2D eigenvalue weighted by atomic mass is 10.1. The Bertz CT molecular complexity index is 258. The minimum Gasteiger partial charge on any atom is -0.467 e. The molecule has 0 heterocycles. The first-order valence-corrected chi connectivity index (χ1v) is 3.72. The molecule has 1 aromatic rings. The van der Waals surface area contributed by atoms with Crippen LogP contribution in [-0.2, 0) is 6.61 Å². The van der Waals surface area contributed by atoms with Gasteiger partial charge in [0.2, 0.25) is 0 Å². The van der Waals surface area contributed by atoms with Crippen LogP contribution < -0.4 is 4.74 Å². The highest BCUT2D eigenvalue weighted by Crippen LogP contribution is 2.19. The predicted octanol–water partition coefficient (Wildman–Crippen LogP) is 0.816. The van der Waals surface area contributed by atoms with Crippen LogP contribution in [0.3, 0.4) is 0 Å². The molecule has 2 N–H and O–H groups in total. The average molecular weight is 168 g/mol. The van der Waals surface area contributed by atoms with E-state index in [1.54, 1.807) is 6.07 Å². The van der Waals surface area contributed by atoms with Crippen molar-refractivity contribution in [1.82, 2.24) is 0 Å². The molecule has 0 bridgehead atoms. The maximum Gasteiger partial charge on any atom is 0.186 e. The summed E-state index contributed by atoms with van der Waals surface area (Å²) >= 11 is 0. The number of hydrogen-bond donors (Lipinski definition) is 2. The van der Waals surface area contributed by atoms with Gasteiger partial charge < -0.3 is 14.9 Å². The van der Waals surface area contributed by atoms with Crippen molar-refractivity contribution in [3.05, 3.63) is 29.3 Å². The SMILES string of the molecule is Cc1ccc(OCO)c(CO)c1. The van der Waals surface area contributed by atoms with Crippen molar-refractivity contribution in [3.8, 4) is 5.75 Å². The van der Waals surface area contributed by atoms with Gasteiger partial charge in [-0.25, -0.2) is 0 Å². The number of benzene rings is 1. The molecular weight excluding hydrogens is 156 g/mol. The van der Waals surface area contributed by atoms with Crippen LogP contribution in [0.5, 0.6) is 5.75 Å². The smallest absolute Gasteiger partial charge is 0.186 e. The highest BCUT2D eigenvalue weighted by Gasteiger charge is 2.01. The standard InChI is InChI=1S/C9H12O3/c1-7-2-3-9(12-6-11)8(4-7)5-10/h2-4,10-11H,5-6H2,1H3. The first kappa shape index (κ1) is 9.03. The lowest BCUT2D eigenvalue weighted by molar-refractivity contribution is 0.0959. The quantitative estimate of drug-likeness (QED) is 0.657. The molecule has 3 nitrogen and oxygen atoms in total. The number of aliphatic hydroxyl groups excluding tert-OH is 2. The molecule has 0 unspecified atom stereocenters. The molecular formula is C9H12O3. The Labute approximate surface area is 71.2 Å². The Kier molecular flexibility index (Phi) is 3.08. The van der Waals surface area contributed by atoms with E-state index in [4.69, 9.17) is 14.9 Å². The van der Waals surface area contributed by atoms with E-state index in [0.29, 0.717) is 11.3 Å². The molecule has 1 rings (SSSR count). The normalized spacial score (nSPS) is 9.92. The summed E-state index contributed by atoms with van der Waals surface area (Å²) in [6.45, 7) is 1.49. The second-order valence-corrected chi connectivity index (χ2v) is 2.54. The van der Waals surface area contributed by atoms with Gasteiger partial charge in [-0.15, -0.1) is 0 Å². The summed E-state index contributed by atoms with van der Waals surface area (Å²) in [5.74, 6) is 0.533. The Morgan fingerprint density at radius 3 is 2.67 bits per heavy atom. The van der Waals surface area contributed by atoms with Crippen molar-refractivity contribution < 1.29 is 14.9 Å². The number of ether oxygens (including phenoxy) is 1.